The van der Waals surface area contributed by atoms with Gasteiger partial charge in [-0.3, -0.25) is 9.69 Å². The third-order valence-electron chi connectivity index (χ3n) is 5.56. The quantitative estimate of drug-likeness (QED) is 0.494. The van der Waals surface area contributed by atoms with Gasteiger partial charge in [0.15, 0.2) is 0 Å². The van der Waals surface area contributed by atoms with E-state index in [1.54, 1.807) is 11.0 Å². The summed E-state index contributed by atoms with van der Waals surface area (Å²) in [6.45, 7) is 7.43. The zero-order chi connectivity index (χ0) is 22.4. The van der Waals surface area contributed by atoms with Crippen LogP contribution >= 0.6 is 15.9 Å². The van der Waals surface area contributed by atoms with Gasteiger partial charge in [-0.05, 0) is 65.1 Å². The fourth-order valence-corrected chi connectivity index (χ4v) is 6.00. The molecule has 0 aromatic heterocycles. The average molecular weight is 508 g/mol. The van der Waals surface area contributed by atoms with Gasteiger partial charge in [0.1, 0.15) is 0 Å². The summed E-state index contributed by atoms with van der Waals surface area (Å²) in [4.78, 5) is 16.4. The molecular formula is C23H30BrN3O3S. The van der Waals surface area contributed by atoms with Crippen molar-refractivity contribution in [3.05, 3.63) is 58.1 Å². The molecule has 0 radical (unpaired) electrons. The van der Waals surface area contributed by atoms with Crippen molar-refractivity contribution in [2.75, 3.05) is 31.1 Å². The minimum Gasteiger partial charge on any atom is -0.312 e. The summed E-state index contributed by atoms with van der Waals surface area (Å²) < 4.78 is 29.1. The van der Waals surface area contributed by atoms with Gasteiger partial charge >= 0.3 is 0 Å². The lowest BCUT2D eigenvalue weighted by Crippen LogP contribution is -2.30. The number of fused-ring (bicyclic) bond motifs is 1. The summed E-state index contributed by atoms with van der Waals surface area (Å²) in [5, 5.41) is 0. The van der Waals surface area contributed by atoms with Crippen molar-refractivity contribution >= 4 is 37.5 Å². The zero-order valence-electron chi connectivity index (χ0n) is 18.1. The summed E-state index contributed by atoms with van der Waals surface area (Å²) in [6, 6.07) is 13.7. The molecular weight excluding hydrogens is 478 g/mol. The van der Waals surface area contributed by atoms with Crippen molar-refractivity contribution < 1.29 is 13.2 Å². The van der Waals surface area contributed by atoms with Crippen LogP contribution in [0.5, 0.6) is 0 Å². The molecule has 1 aliphatic rings. The van der Waals surface area contributed by atoms with Crippen LogP contribution in [0.3, 0.4) is 0 Å². The Morgan fingerprint density at radius 3 is 2.61 bits per heavy atom. The van der Waals surface area contributed by atoms with Gasteiger partial charge in [-0.25, -0.2) is 13.1 Å². The zero-order valence-corrected chi connectivity index (χ0v) is 20.5. The van der Waals surface area contributed by atoms with E-state index < -0.39 is 10.0 Å². The number of anilines is 1. The highest BCUT2D eigenvalue weighted by Crippen LogP contribution is 2.35. The molecule has 8 heteroatoms. The van der Waals surface area contributed by atoms with Gasteiger partial charge in [0.25, 0.3) is 0 Å². The lowest BCUT2D eigenvalue weighted by atomic mass is 10.2. The Hall–Kier alpha value is -1.74. The van der Waals surface area contributed by atoms with Crippen LogP contribution in [0.25, 0.3) is 0 Å². The molecule has 2 aromatic carbocycles. The standard InChI is InChI=1S/C23H30BrN3O3S/c1-3-23(28)27-14-11-19-15-20(24)22(16-21(19)27)31(29,30)25-12-8-13-26(4-2)17-18-9-6-5-7-10-18/h5-7,9-10,15-16,25H,3-4,8,11-14,17H2,1-2H3. The number of rotatable bonds is 10. The molecule has 0 bridgehead atoms. The topological polar surface area (TPSA) is 69.7 Å². The van der Waals surface area contributed by atoms with E-state index in [4.69, 9.17) is 0 Å². The lowest BCUT2D eigenvalue weighted by Gasteiger charge is -2.21. The van der Waals surface area contributed by atoms with Crippen LogP contribution in [0.4, 0.5) is 5.69 Å². The summed E-state index contributed by atoms with van der Waals surface area (Å²) in [6.07, 6.45) is 1.84. The molecule has 1 amide bonds. The van der Waals surface area contributed by atoms with Crippen molar-refractivity contribution in [2.24, 2.45) is 0 Å². The predicted octanol–water partition coefficient (Wildman–Crippen LogP) is 3.94. The summed E-state index contributed by atoms with van der Waals surface area (Å²) in [5.74, 6) is 0.00968. The molecule has 2 aromatic rings. The average Bonchev–Trinajstić information content (AvgIpc) is 3.18. The summed E-state index contributed by atoms with van der Waals surface area (Å²) in [5.41, 5.74) is 2.95. The molecule has 6 nitrogen and oxygen atoms in total. The first kappa shape index (κ1) is 23.9. The number of hydrogen-bond acceptors (Lipinski definition) is 4. The number of amides is 1. The van der Waals surface area contributed by atoms with E-state index in [2.05, 4.69) is 44.6 Å². The molecule has 1 aliphatic heterocycles. The number of sulfonamides is 1. The van der Waals surface area contributed by atoms with E-state index in [1.807, 2.05) is 31.2 Å². The molecule has 0 unspecified atom stereocenters. The first-order chi connectivity index (χ1) is 14.9. The molecule has 0 atom stereocenters. The number of nitrogens with zero attached hydrogens (tertiary/aromatic N) is 2. The largest absolute Gasteiger partial charge is 0.312 e. The van der Waals surface area contributed by atoms with Crippen molar-refractivity contribution in [1.29, 1.82) is 0 Å². The number of benzene rings is 2. The highest BCUT2D eigenvalue weighted by Gasteiger charge is 2.28. The number of halogens is 1. The van der Waals surface area contributed by atoms with Gasteiger partial charge in [0.05, 0.1) is 4.90 Å². The number of hydrogen-bond donors (Lipinski definition) is 1. The number of nitrogens with one attached hydrogen (secondary N) is 1. The molecule has 168 valence electrons. The van der Waals surface area contributed by atoms with E-state index in [0.29, 0.717) is 36.1 Å². The van der Waals surface area contributed by atoms with Crippen LogP contribution in [0.1, 0.15) is 37.8 Å². The van der Waals surface area contributed by atoms with Crippen molar-refractivity contribution in [3.63, 3.8) is 0 Å². The molecule has 1 N–H and O–H groups in total. The maximum absolute atomic E-state index is 12.9. The van der Waals surface area contributed by atoms with E-state index in [0.717, 1.165) is 31.6 Å². The monoisotopic (exact) mass is 507 g/mol. The first-order valence-corrected chi connectivity index (χ1v) is 13.0. The van der Waals surface area contributed by atoms with E-state index >= 15 is 0 Å². The van der Waals surface area contributed by atoms with Gasteiger partial charge in [-0.1, -0.05) is 44.2 Å². The Kier molecular flexibility index (Phi) is 8.27. The van der Waals surface area contributed by atoms with Gasteiger partial charge < -0.3 is 4.90 Å². The van der Waals surface area contributed by atoms with Crippen LogP contribution in [0, 0.1) is 0 Å². The van der Waals surface area contributed by atoms with E-state index in [1.165, 1.54) is 5.56 Å². The van der Waals surface area contributed by atoms with Crippen molar-refractivity contribution in [3.8, 4) is 0 Å². The Labute approximate surface area is 193 Å². The first-order valence-electron chi connectivity index (χ1n) is 10.7. The third kappa shape index (κ3) is 5.94. The minimum atomic E-state index is -3.69. The Balaban J connectivity index is 1.61. The van der Waals surface area contributed by atoms with Gasteiger partial charge in [0, 0.05) is 36.2 Å². The molecule has 3 rings (SSSR count). The second kappa shape index (κ2) is 10.7. The molecule has 1 heterocycles. The van der Waals surface area contributed by atoms with Crippen LogP contribution in [0.15, 0.2) is 51.8 Å². The SMILES string of the molecule is CCC(=O)N1CCc2cc(Br)c(S(=O)(=O)NCCCN(CC)Cc3ccccc3)cc21. The normalized spacial score (nSPS) is 13.6. The van der Waals surface area contributed by atoms with Gasteiger partial charge in [0.2, 0.25) is 15.9 Å². The van der Waals surface area contributed by atoms with Crippen LogP contribution in [-0.4, -0.2) is 45.4 Å². The van der Waals surface area contributed by atoms with Crippen LogP contribution < -0.4 is 9.62 Å². The van der Waals surface area contributed by atoms with E-state index in [9.17, 15) is 13.2 Å². The lowest BCUT2D eigenvalue weighted by molar-refractivity contribution is -0.118. The molecule has 0 saturated carbocycles. The van der Waals surface area contributed by atoms with Crippen molar-refractivity contribution in [2.45, 2.75) is 44.6 Å². The molecule has 0 aliphatic carbocycles. The number of carbonyl (C=O) groups is 1. The Bertz CT molecular complexity index is 1010. The highest BCUT2D eigenvalue weighted by molar-refractivity contribution is 9.10. The predicted molar refractivity (Wildman–Crippen MR) is 128 cm³/mol. The van der Waals surface area contributed by atoms with Crippen LogP contribution in [-0.2, 0) is 27.8 Å². The maximum Gasteiger partial charge on any atom is 0.241 e. The molecule has 31 heavy (non-hydrogen) atoms. The van der Waals surface area contributed by atoms with E-state index in [-0.39, 0.29) is 10.8 Å². The highest BCUT2D eigenvalue weighted by atomic mass is 79.9. The van der Waals surface area contributed by atoms with Crippen molar-refractivity contribution in [1.82, 2.24) is 9.62 Å². The Morgan fingerprint density at radius 2 is 1.94 bits per heavy atom. The fourth-order valence-electron chi connectivity index (χ4n) is 3.82. The van der Waals surface area contributed by atoms with Crippen LogP contribution in [0.2, 0.25) is 0 Å². The summed E-state index contributed by atoms with van der Waals surface area (Å²) >= 11 is 3.41. The minimum absolute atomic E-state index is 0.00968. The second-order valence-electron chi connectivity index (χ2n) is 7.67. The molecule has 0 saturated heterocycles. The molecule has 0 spiro atoms. The summed E-state index contributed by atoms with van der Waals surface area (Å²) in [7, 11) is -3.69. The second-order valence-corrected chi connectivity index (χ2v) is 10.3. The smallest absolute Gasteiger partial charge is 0.241 e. The van der Waals surface area contributed by atoms with Gasteiger partial charge in [-0.2, -0.15) is 0 Å². The fraction of sp³-hybridized carbons (Fsp3) is 0.435. The maximum atomic E-state index is 12.9. The Morgan fingerprint density at radius 1 is 1.19 bits per heavy atom. The van der Waals surface area contributed by atoms with Gasteiger partial charge in [-0.15, -0.1) is 0 Å². The number of carbonyl (C=O) groups excluding carboxylic acids is 1. The third-order valence-corrected chi connectivity index (χ3v) is 7.98. The molecule has 0 fully saturated rings.